The van der Waals surface area contributed by atoms with E-state index in [0.29, 0.717) is 6.61 Å². The van der Waals surface area contributed by atoms with Crippen LogP contribution in [0.25, 0.3) is 33.4 Å². The van der Waals surface area contributed by atoms with Crippen LogP contribution in [-0.4, -0.2) is 66.4 Å². The molecule has 7 heteroatoms. The summed E-state index contributed by atoms with van der Waals surface area (Å²) in [4.78, 5) is 14.8. The zero-order chi connectivity index (χ0) is 23.3. The van der Waals surface area contributed by atoms with Gasteiger partial charge in [-0.05, 0) is 62.3 Å². The number of aromatic nitrogens is 3. The van der Waals surface area contributed by atoms with Gasteiger partial charge < -0.3 is 24.7 Å². The van der Waals surface area contributed by atoms with Crippen molar-refractivity contribution in [1.82, 2.24) is 19.9 Å². The monoisotopic (exact) mass is 457 g/mol. The molecule has 0 bridgehead atoms. The smallest absolute Gasteiger partial charge is 0.143 e. The standard InChI is InChI=1S/C27H31N5O2/c1-32(2)14-16-34-21-12-10-20(11-13-21)25-23(19-7-4-3-5-8-19)24-26(29-18-30-27(24)31-25)28-17-22-9-6-15-33-22/h3-5,7-8,10-13,18,22H,6,9,14-17H2,1-2H3,(H2,28,29,30,31). The van der Waals surface area contributed by atoms with Crippen LogP contribution in [0.1, 0.15) is 12.8 Å². The molecular weight excluding hydrogens is 426 g/mol. The second-order valence-corrected chi connectivity index (χ2v) is 8.88. The number of hydrogen-bond acceptors (Lipinski definition) is 6. The highest BCUT2D eigenvalue weighted by Crippen LogP contribution is 2.40. The molecule has 0 aliphatic carbocycles. The minimum Gasteiger partial charge on any atom is -0.492 e. The van der Waals surface area contributed by atoms with E-state index in [0.717, 1.165) is 77.5 Å². The van der Waals surface area contributed by atoms with Crippen molar-refractivity contribution in [3.63, 3.8) is 0 Å². The second-order valence-electron chi connectivity index (χ2n) is 8.88. The Kier molecular flexibility index (Phi) is 6.74. The molecule has 1 aliphatic rings. The highest BCUT2D eigenvalue weighted by atomic mass is 16.5. The van der Waals surface area contributed by atoms with E-state index in [1.807, 2.05) is 32.3 Å². The Morgan fingerprint density at radius 1 is 1.06 bits per heavy atom. The van der Waals surface area contributed by atoms with Gasteiger partial charge in [-0.25, -0.2) is 9.97 Å². The van der Waals surface area contributed by atoms with Crippen molar-refractivity contribution in [1.29, 1.82) is 0 Å². The molecule has 1 saturated heterocycles. The molecule has 176 valence electrons. The van der Waals surface area contributed by atoms with E-state index in [1.54, 1.807) is 6.33 Å². The highest BCUT2D eigenvalue weighted by Gasteiger charge is 2.21. The van der Waals surface area contributed by atoms with Gasteiger partial charge in [0.2, 0.25) is 0 Å². The van der Waals surface area contributed by atoms with E-state index >= 15 is 0 Å². The maximum atomic E-state index is 5.89. The lowest BCUT2D eigenvalue weighted by atomic mass is 9.99. The van der Waals surface area contributed by atoms with Crippen LogP contribution < -0.4 is 10.1 Å². The summed E-state index contributed by atoms with van der Waals surface area (Å²) in [5.74, 6) is 1.69. The maximum absolute atomic E-state index is 5.89. The molecule has 2 aromatic carbocycles. The Labute approximate surface area is 200 Å². The molecular formula is C27H31N5O2. The topological polar surface area (TPSA) is 75.3 Å². The zero-order valence-electron chi connectivity index (χ0n) is 19.8. The van der Waals surface area contributed by atoms with Gasteiger partial charge in [-0.3, -0.25) is 0 Å². The summed E-state index contributed by atoms with van der Waals surface area (Å²) in [5, 5.41) is 4.52. The molecule has 2 aromatic heterocycles. The molecule has 0 spiro atoms. The summed E-state index contributed by atoms with van der Waals surface area (Å²) >= 11 is 0. The van der Waals surface area contributed by atoms with Crippen LogP contribution in [0.4, 0.5) is 5.82 Å². The first kappa shape index (κ1) is 22.4. The molecule has 3 heterocycles. The number of benzene rings is 2. The molecule has 4 aromatic rings. The molecule has 0 saturated carbocycles. The third-order valence-corrected chi connectivity index (χ3v) is 6.12. The molecule has 1 atom stereocenters. The number of fused-ring (bicyclic) bond motifs is 1. The third kappa shape index (κ3) is 4.90. The van der Waals surface area contributed by atoms with Gasteiger partial charge in [0.1, 0.15) is 30.1 Å². The first-order chi connectivity index (χ1) is 16.7. The van der Waals surface area contributed by atoms with Gasteiger partial charge in [-0.1, -0.05) is 30.3 Å². The normalized spacial score (nSPS) is 15.8. The predicted molar refractivity (Wildman–Crippen MR) is 136 cm³/mol. The van der Waals surface area contributed by atoms with Crippen molar-refractivity contribution in [2.24, 2.45) is 0 Å². The SMILES string of the molecule is CN(C)CCOc1ccc(-c2[nH]c3ncnc(NCC4CCCO4)c3c2-c2ccccc2)cc1. The summed E-state index contributed by atoms with van der Waals surface area (Å²) in [5.41, 5.74) is 5.10. The zero-order valence-corrected chi connectivity index (χ0v) is 19.8. The fourth-order valence-electron chi connectivity index (χ4n) is 4.35. The van der Waals surface area contributed by atoms with E-state index in [9.17, 15) is 0 Å². The van der Waals surface area contributed by atoms with Gasteiger partial charge in [0.05, 0.1) is 17.2 Å². The van der Waals surface area contributed by atoms with Crippen molar-refractivity contribution in [3.05, 3.63) is 60.9 Å². The Morgan fingerprint density at radius 3 is 2.62 bits per heavy atom. The Balaban J connectivity index is 1.52. The summed E-state index contributed by atoms with van der Waals surface area (Å²) in [7, 11) is 4.08. The first-order valence-corrected chi connectivity index (χ1v) is 11.8. The van der Waals surface area contributed by atoms with Crippen LogP contribution in [0.2, 0.25) is 0 Å². The number of anilines is 1. The van der Waals surface area contributed by atoms with E-state index in [2.05, 4.69) is 61.6 Å². The summed E-state index contributed by atoms with van der Waals surface area (Å²) in [6, 6.07) is 18.6. The third-order valence-electron chi connectivity index (χ3n) is 6.12. The number of rotatable bonds is 9. The molecule has 0 amide bonds. The average Bonchev–Trinajstić information content (AvgIpc) is 3.52. The average molecular weight is 458 g/mol. The molecule has 1 unspecified atom stereocenters. The predicted octanol–water partition coefficient (Wildman–Crippen LogP) is 4.82. The van der Waals surface area contributed by atoms with Crippen molar-refractivity contribution in [2.75, 3.05) is 45.7 Å². The second kappa shape index (κ2) is 10.2. The van der Waals surface area contributed by atoms with Crippen molar-refractivity contribution >= 4 is 16.9 Å². The minimum absolute atomic E-state index is 0.226. The van der Waals surface area contributed by atoms with E-state index in [1.165, 1.54) is 0 Å². The summed E-state index contributed by atoms with van der Waals surface area (Å²) in [6.45, 7) is 3.11. The van der Waals surface area contributed by atoms with Crippen molar-refractivity contribution < 1.29 is 9.47 Å². The van der Waals surface area contributed by atoms with Crippen molar-refractivity contribution in [3.8, 4) is 28.1 Å². The number of hydrogen-bond donors (Lipinski definition) is 2. The molecule has 0 radical (unpaired) electrons. The van der Waals surface area contributed by atoms with Gasteiger partial charge in [0.25, 0.3) is 0 Å². The molecule has 1 aliphatic heterocycles. The number of ether oxygens (including phenoxy) is 2. The van der Waals surface area contributed by atoms with Crippen LogP contribution in [0, 0.1) is 0 Å². The van der Waals surface area contributed by atoms with E-state index < -0.39 is 0 Å². The number of aromatic amines is 1. The molecule has 5 rings (SSSR count). The summed E-state index contributed by atoms with van der Waals surface area (Å²) in [6.07, 6.45) is 4.03. The lowest BCUT2D eigenvalue weighted by Gasteiger charge is -2.13. The number of nitrogens with zero attached hydrogens (tertiary/aromatic N) is 3. The van der Waals surface area contributed by atoms with E-state index in [-0.39, 0.29) is 6.10 Å². The fraction of sp³-hybridized carbons (Fsp3) is 0.333. The number of nitrogens with one attached hydrogen (secondary N) is 2. The van der Waals surface area contributed by atoms with Crippen LogP contribution >= 0.6 is 0 Å². The summed E-state index contributed by atoms with van der Waals surface area (Å²) < 4.78 is 11.7. The molecule has 34 heavy (non-hydrogen) atoms. The van der Waals surface area contributed by atoms with Gasteiger partial charge in [-0.15, -0.1) is 0 Å². The van der Waals surface area contributed by atoms with Crippen LogP contribution in [0.5, 0.6) is 5.75 Å². The van der Waals surface area contributed by atoms with Gasteiger partial charge >= 0.3 is 0 Å². The van der Waals surface area contributed by atoms with Crippen LogP contribution in [0.15, 0.2) is 60.9 Å². The van der Waals surface area contributed by atoms with Crippen LogP contribution in [-0.2, 0) is 4.74 Å². The first-order valence-electron chi connectivity index (χ1n) is 11.8. The lowest BCUT2D eigenvalue weighted by Crippen LogP contribution is -2.19. The molecule has 7 nitrogen and oxygen atoms in total. The number of likely N-dealkylation sites (N-methyl/N-ethyl adjacent to an activating group) is 1. The Bertz CT molecular complexity index is 1220. The van der Waals surface area contributed by atoms with Gasteiger partial charge in [0, 0.05) is 25.3 Å². The maximum Gasteiger partial charge on any atom is 0.143 e. The van der Waals surface area contributed by atoms with Gasteiger partial charge in [-0.2, -0.15) is 0 Å². The Hall–Kier alpha value is -3.42. The molecule has 1 fully saturated rings. The molecule has 2 N–H and O–H groups in total. The highest BCUT2D eigenvalue weighted by molar-refractivity contribution is 6.07. The lowest BCUT2D eigenvalue weighted by molar-refractivity contribution is 0.120. The Morgan fingerprint density at radius 2 is 1.88 bits per heavy atom. The minimum atomic E-state index is 0.226. The quantitative estimate of drug-likeness (QED) is 0.375. The number of H-pyrrole nitrogens is 1. The van der Waals surface area contributed by atoms with Crippen molar-refractivity contribution in [2.45, 2.75) is 18.9 Å². The van der Waals surface area contributed by atoms with E-state index in [4.69, 9.17) is 9.47 Å². The fourth-order valence-corrected chi connectivity index (χ4v) is 4.35. The largest absolute Gasteiger partial charge is 0.492 e. The van der Waals surface area contributed by atoms with Crippen LogP contribution in [0.3, 0.4) is 0 Å². The van der Waals surface area contributed by atoms with Gasteiger partial charge in [0.15, 0.2) is 0 Å².